The third kappa shape index (κ3) is 4.45. The van der Waals surface area contributed by atoms with E-state index in [9.17, 15) is 4.79 Å². The van der Waals surface area contributed by atoms with Gasteiger partial charge < -0.3 is 15.2 Å². The van der Waals surface area contributed by atoms with E-state index in [1.165, 1.54) is 0 Å². The van der Waals surface area contributed by atoms with Crippen LogP contribution in [0.4, 0.5) is 10.5 Å². The molecule has 0 saturated heterocycles. The van der Waals surface area contributed by atoms with Crippen LogP contribution in [-0.2, 0) is 0 Å². The maximum absolute atomic E-state index is 11.8. The van der Waals surface area contributed by atoms with Crippen molar-refractivity contribution in [1.82, 2.24) is 15.5 Å². The van der Waals surface area contributed by atoms with Gasteiger partial charge in [0.15, 0.2) is 0 Å². The number of rotatable bonds is 5. The molecule has 1 aromatic heterocycles. The Kier molecular flexibility index (Phi) is 5.45. The zero-order chi connectivity index (χ0) is 17.6. The Bertz CT molecular complexity index is 862. The van der Waals surface area contributed by atoms with Crippen LogP contribution in [0.1, 0.15) is 13.3 Å². The number of urea groups is 1. The number of nitrogens with one attached hydrogen (secondary N) is 2. The summed E-state index contributed by atoms with van der Waals surface area (Å²) < 4.78 is 6.33. The first-order valence-electron chi connectivity index (χ1n) is 7.90. The molecule has 0 fully saturated rings. The van der Waals surface area contributed by atoms with Crippen LogP contribution < -0.4 is 10.6 Å². The lowest BCUT2D eigenvalue weighted by Gasteiger charge is -2.07. The summed E-state index contributed by atoms with van der Waals surface area (Å²) in [6.07, 6.45) is 0.884. The lowest BCUT2D eigenvalue weighted by molar-refractivity contribution is 0.252. The lowest BCUT2D eigenvalue weighted by Crippen LogP contribution is -2.29. The Balaban J connectivity index is 1.77. The largest absolute Gasteiger partial charge is 0.338 e. The van der Waals surface area contributed by atoms with Crippen molar-refractivity contribution in [1.29, 1.82) is 0 Å². The van der Waals surface area contributed by atoms with Crippen LogP contribution in [0, 0.1) is 0 Å². The third-order valence-corrected chi connectivity index (χ3v) is 3.96. The molecule has 3 aromatic rings. The smallest absolute Gasteiger partial charge is 0.319 e. The molecule has 0 atom stereocenters. The van der Waals surface area contributed by atoms with E-state index in [-0.39, 0.29) is 6.03 Å². The number of hydrogen-bond donors (Lipinski definition) is 2. The normalized spacial score (nSPS) is 10.5. The van der Waals surface area contributed by atoms with Crippen LogP contribution in [0.2, 0.25) is 0 Å². The Morgan fingerprint density at radius 1 is 1.16 bits per heavy atom. The summed E-state index contributed by atoms with van der Waals surface area (Å²) in [5.74, 6) is 0.914. The highest BCUT2D eigenvalue weighted by molar-refractivity contribution is 9.10. The molecule has 0 aliphatic rings. The molecule has 0 unspecified atom stereocenters. The molecule has 128 valence electrons. The van der Waals surface area contributed by atoms with Gasteiger partial charge in [-0.25, -0.2) is 4.79 Å². The van der Waals surface area contributed by atoms with Crippen LogP contribution >= 0.6 is 15.9 Å². The number of carbonyl (C=O) groups excluding carboxylic acids is 1. The van der Waals surface area contributed by atoms with Gasteiger partial charge in [-0.1, -0.05) is 40.1 Å². The minimum atomic E-state index is -0.234. The van der Waals surface area contributed by atoms with E-state index in [1.807, 2.05) is 55.5 Å². The molecule has 7 heteroatoms. The van der Waals surface area contributed by atoms with Gasteiger partial charge in [-0.3, -0.25) is 0 Å². The second kappa shape index (κ2) is 7.94. The highest BCUT2D eigenvalue weighted by Crippen LogP contribution is 2.25. The van der Waals surface area contributed by atoms with Crippen LogP contribution in [-0.4, -0.2) is 22.7 Å². The van der Waals surface area contributed by atoms with Crippen molar-refractivity contribution < 1.29 is 9.32 Å². The standard InChI is InChI=1S/C18H17BrN4O2/c1-2-10-20-18(24)21-15-5-3-4-13(11-15)16-22-17(25-23-16)12-6-8-14(19)9-7-12/h3-9,11H,2,10H2,1H3,(H2,20,21,24). The van der Waals surface area contributed by atoms with Crippen molar-refractivity contribution in [2.75, 3.05) is 11.9 Å². The molecule has 3 rings (SSSR count). The van der Waals surface area contributed by atoms with Gasteiger partial charge in [-0.05, 0) is 42.8 Å². The van der Waals surface area contributed by atoms with E-state index in [1.54, 1.807) is 0 Å². The average Bonchev–Trinajstić information content (AvgIpc) is 3.11. The molecule has 0 aliphatic carbocycles. The maximum atomic E-state index is 11.8. The number of carbonyl (C=O) groups is 1. The molecule has 25 heavy (non-hydrogen) atoms. The summed E-state index contributed by atoms with van der Waals surface area (Å²) in [5.41, 5.74) is 2.27. The molecule has 2 amide bonds. The molecule has 0 saturated carbocycles. The van der Waals surface area contributed by atoms with Crippen molar-refractivity contribution in [2.45, 2.75) is 13.3 Å². The van der Waals surface area contributed by atoms with Crippen molar-refractivity contribution >= 4 is 27.6 Å². The zero-order valence-corrected chi connectivity index (χ0v) is 15.2. The fourth-order valence-electron chi connectivity index (χ4n) is 2.20. The second-order valence-electron chi connectivity index (χ2n) is 5.39. The third-order valence-electron chi connectivity index (χ3n) is 3.43. The summed E-state index contributed by atoms with van der Waals surface area (Å²) in [6.45, 7) is 2.63. The molecule has 0 aliphatic heterocycles. The van der Waals surface area contributed by atoms with Crippen LogP contribution in [0.15, 0.2) is 57.5 Å². The predicted octanol–water partition coefficient (Wildman–Crippen LogP) is 4.70. The van der Waals surface area contributed by atoms with E-state index in [0.717, 1.165) is 22.0 Å². The minimum absolute atomic E-state index is 0.234. The molecule has 2 aromatic carbocycles. The molecule has 0 radical (unpaired) electrons. The Labute approximate surface area is 153 Å². The molecule has 0 spiro atoms. The number of amides is 2. The predicted molar refractivity (Wildman–Crippen MR) is 100 cm³/mol. The molecule has 2 N–H and O–H groups in total. The zero-order valence-electron chi connectivity index (χ0n) is 13.6. The van der Waals surface area contributed by atoms with Gasteiger partial charge in [0.2, 0.25) is 5.82 Å². The van der Waals surface area contributed by atoms with E-state index in [2.05, 4.69) is 36.7 Å². The first-order chi connectivity index (χ1) is 12.2. The summed E-state index contributed by atoms with van der Waals surface area (Å²) >= 11 is 3.40. The van der Waals surface area contributed by atoms with E-state index in [4.69, 9.17) is 4.52 Å². The van der Waals surface area contributed by atoms with E-state index in [0.29, 0.717) is 23.9 Å². The van der Waals surface area contributed by atoms with Gasteiger partial charge in [-0.15, -0.1) is 0 Å². The van der Waals surface area contributed by atoms with E-state index >= 15 is 0 Å². The Hall–Kier alpha value is -2.67. The summed E-state index contributed by atoms with van der Waals surface area (Å²) in [5, 5.41) is 9.59. The summed E-state index contributed by atoms with van der Waals surface area (Å²) in [4.78, 5) is 16.2. The molecule has 1 heterocycles. The van der Waals surface area contributed by atoms with Gasteiger partial charge in [0, 0.05) is 27.8 Å². The van der Waals surface area contributed by atoms with Gasteiger partial charge in [0.1, 0.15) is 0 Å². The van der Waals surface area contributed by atoms with Crippen LogP contribution in [0.25, 0.3) is 22.8 Å². The first kappa shape index (κ1) is 17.2. The number of benzene rings is 2. The van der Waals surface area contributed by atoms with Gasteiger partial charge in [0.25, 0.3) is 5.89 Å². The second-order valence-corrected chi connectivity index (χ2v) is 6.31. The topological polar surface area (TPSA) is 80.0 Å². The van der Waals surface area contributed by atoms with Crippen LogP contribution in [0.3, 0.4) is 0 Å². The van der Waals surface area contributed by atoms with Gasteiger partial charge >= 0.3 is 6.03 Å². The highest BCUT2D eigenvalue weighted by atomic mass is 79.9. The lowest BCUT2D eigenvalue weighted by atomic mass is 10.2. The maximum Gasteiger partial charge on any atom is 0.319 e. The fourth-order valence-corrected chi connectivity index (χ4v) is 2.46. The highest BCUT2D eigenvalue weighted by Gasteiger charge is 2.11. The van der Waals surface area contributed by atoms with Gasteiger partial charge in [-0.2, -0.15) is 4.98 Å². The SMILES string of the molecule is CCCNC(=O)Nc1cccc(-c2noc(-c3ccc(Br)cc3)n2)c1. The molecular weight excluding hydrogens is 384 g/mol. The fraction of sp³-hybridized carbons (Fsp3) is 0.167. The minimum Gasteiger partial charge on any atom is -0.338 e. The van der Waals surface area contributed by atoms with Crippen molar-refractivity contribution in [3.05, 3.63) is 53.0 Å². The molecule has 6 nitrogen and oxygen atoms in total. The average molecular weight is 401 g/mol. The number of anilines is 1. The molecular formula is C18H17BrN4O2. The van der Waals surface area contributed by atoms with Gasteiger partial charge in [0.05, 0.1) is 0 Å². The number of aromatic nitrogens is 2. The quantitative estimate of drug-likeness (QED) is 0.650. The van der Waals surface area contributed by atoms with Crippen molar-refractivity contribution in [3.63, 3.8) is 0 Å². The Morgan fingerprint density at radius 3 is 2.72 bits per heavy atom. The van der Waals surface area contributed by atoms with Crippen molar-refractivity contribution in [3.8, 4) is 22.8 Å². The van der Waals surface area contributed by atoms with Crippen LogP contribution in [0.5, 0.6) is 0 Å². The summed E-state index contributed by atoms with van der Waals surface area (Å²) in [6, 6.07) is 14.7. The summed E-state index contributed by atoms with van der Waals surface area (Å²) in [7, 11) is 0. The monoisotopic (exact) mass is 400 g/mol. The Morgan fingerprint density at radius 2 is 1.96 bits per heavy atom. The first-order valence-corrected chi connectivity index (χ1v) is 8.70. The molecule has 0 bridgehead atoms. The van der Waals surface area contributed by atoms with E-state index < -0.39 is 0 Å². The number of nitrogens with zero attached hydrogens (tertiary/aromatic N) is 2. The van der Waals surface area contributed by atoms with Crippen molar-refractivity contribution in [2.24, 2.45) is 0 Å². The number of hydrogen-bond acceptors (Lipinski definition) is 4. The number of halogens is 1.